The lowest BCUT2D eigenvalue weighted by molar-refractivity contribution is 0.368. The first-order valence-corrected chi connectivity index (χ1v) is 6.93. The summed E-state index contributed by atoms with van der Waals surface area (Å²) < 4.78 is 10.7. The van der Waals surface area contributed by atoms with Gasteiger partial charge in [-0.3, -0.25) is 4.79 Å². The largest absolute Gasteiger partial charge is 0.508 e. The van der Waals surface area contributed by atoms with Gasteiger partial charge in [0.25, 0.3) is 0 Å². The summed E-state index contributed by atoms with van der Waals surface area (Å²) in [5, 5.41) is 38.5. The molecule has 124 valence electrons. The van der Waals surface area contributed by atoms with Gasteiger partial charge in [-0.05, 0) is 30.7 Å². The number of aryl methyl sites for hydroxylation is 1. The number of benzene rings is 2. The molecule has 0 aliphatic rings. The van der Waals surface area contributed by atoms with Gasteiger partial charge in [0.15, 0.2) is 17.3 Å². The van der Waals surface area contributed by atoms with Crippen molar-refractivity contribution >= 4 is 11.0 Å². The maximum Gasteiger partial charge on any atom is 0.239 e. The molecule has 1 heterocycles. The minimum absolute atomic E-state index is 0.0718. The first-order valence-electron chi connectivity index (χ1n) is 6.93. The summed E-state index contributed by atoms with van der Waals surface area (Å²) in [6, 6.07) is 5.61. The number of methoxy groups -OCH3 is 1. The number of fused-ring (bicyclic) bond motifs is 1. The Balaban J connectivity index is 2.43. The highest BCUT2D eigenvalue weighted by Gasteiger charge is 2.23. The predicted molar refractivity (Wildman–Crippen MR) is 85.9 cm³/mol. The van der Waals surface area contributed by atoms with E-state index in [9.17, 15) is 25.2 Å². The van der Waals surface area contributed by atoms with Crippen molar-refractivity contribution < 1.29 is 29.6 Å². The molecule has 0 amide bonds. The van der Waals surface area contributed by atoms with Crippen LogP contribution in [0.3, 0.4) is 0 Å². The van der Waals surface area contributed by atoms with Gasteiger partial charge in [0.05, 0.1) is 7.11 Å². The first kappa shape index (κ1) is 15.5. The highest BCUT2D eigenvalue weighted by molar-refractivity contribution is 5.91. The zero-order valence-corrected chi connectivity index (χ0v) is 12.8. The lowest BCUT2D eigenvalue weighted by atomic mass is 10.1. The van der Waals surface area contributed by atoms with Crippen molar-refractivity contribution in [3.63, 3.8) is 0 Å². The Kier molecular flexibility index (Phi) is 3.48. The molecule has 7 heteroatoms. The Bertz CT molecular complexity index is 1020. The molecule has 4 N–H and O–H groups in total. The minimum atomic E-state index is -0.815. The Morgan fingerprint density at radius 1 is 1.00 bits per heavy atom. The molecule has 0 atom stereocenters. The molecular formula is C17H14O7. The van der Waals surface area contributed by atoms with E-state index >= 15 is 0 Å². The third kappa shape index (κ3) is 2.18. The van der Waals surface area contributed by atoms with Crippen LogP contribution in [-0.2, 0) is 0 Å². The Hall–Kier alpha value is -3.35. The van der Waals surface area contributed by atoms with Gasteiger partial charge in [-0.2, -0.15) is 0 Å². The summed E-state index contributed by atoms with van der Waals surface area (Å²) in [5.41, 5.74) is 0.212. The van der Waals surface area contributed by atoms with E-state index in [4.69, 9.17) is 9.15 Å². The van der Waals surface area contributed by atoms with Crippen molar-refractivity contribution in [1.29, 1.82) is 0 Å². The van der Waals surface area contributed by atoms with Gasteiger partial charge in [-0.15, -0.1) is 0 Å². The van der Waals surface area contributed by atoms with Gasteiger partial charge in [-0.25, -0.2) is 0 Å². The number of hydrogen-bond acceptors (Lipinski definition) is 7. The highest BCUT2D eigenvalue weighted by Crippen LogP contribution is 2.42. The number of phenols is 4. The molecule has 0 unspecified atom stereocenters. The van der Waals surface area contributed by atoms with Crippen molar-refractivity contribution in [1.82, 2.24) is 0 Å². The Morgan fingerprint density at radius 3 is 2.33 bits per heavy atom. The fourth-order valence-corrected chi connectivity index (χ4v) is 2.47. The van der Waals surface area contributed by atoms with Crippen LogP contribution < -0.4 is 10.2 Å². The standard InChI is InChI=1S/C17H14O7/c1-7-5-8(3-4-9(7)18)16-17(23-2)15(22)12-11(24-16)6-10(19)13(20)14(12)21/h3-6,18-21H,1-2H3. The van der Waals surface area contributed by atoms with Gasteiger partial charge in [0.1, 0.15) is 16.7 Å². The molecule has 2 aromatic carbocycles. The smallest absolute Gasteiger partial charge is 0.239 e. The third-order valence-corrected chi connectivity index (χ3v) is 3.73. The predicted octanol–water partition coefficient (Wildman–Crippen LogP) is 2.60. The summed E-state index contributed by atoms with van der Waals surface area (Å²) in [4.78, 5) is 12.6. The number of phenolic OH excluding ortho intramolecular Hbond substituents is 4. The van der Waals surface area contributed by atoms with Gasteiger partial charge in [0, 0.05) is 11.6 Å². The van der Waals surface area contributed by atoms with Crippen molar-refractivity contribution in [3.05, 3.63) is 40.1 Å². The van der Waals surface area contributed by atoms with E-state index in [0.29, 0.717) is 11.1 Å². The number of aromatic hydroxyl groups is 4. The maximum absolute atomic E-state index is 12.6. The van der Waals surface area contributed by atoms with Gasteiger partial charge < -0.3 is 29.6 Å². The monoisotopic (exact) mass is 330 g/mol. The van der Waals surface area contributed by atoms with Crippen LogP contribution in [0, 0.1) is 6.92 Å². The van der Waals surface area contributed by atoms with Crippen LogP contribution in [-0.4, -0.2) is 27.5 Å². The van der Waals surface area contributed by atoms with E-state index < -0.39 is 22.7 Å². The van der Waals surface area contributed by atoms with Gasteiger partial charge >= 0.3 is 0 Å². The highest BCUT2D eigenvalue weighted by atomic mass is 16.5. The molecule has 1 aromatic heterocycles. The summed E-state index contributed by atoms with van der Waals surface area (Å²) in [7, 11) is 1.27. The molecule has 0 bridgehead atoms. The number of hydrogen-bond donors (Lipinski definition) is 4. The molecule has 3 rings (SSSR count). The van der Waals surface area contributed by atoms with E-state index in [1.807, 2.05) is 0 Å². The molecular weight excluding hydrogens is 316 g/mol. The van der Waals surface area contributed by atoms with E-state index in [1.54, 1.807) is 13.0 Å². The minimum Gasteiger partial charge on any atom is -0.508 e. The van der Waals surface area contributed by atoms with E-state index in [-0.39, 0.29) is 28.2 Å². The lowest BCUT2D eigenvalue weighted by Crippen LogP contribution is -2.08. The lowest BCUT2D eigenvalue weighted by Gasteiger charge is -2.11. The summed E-state index contributed by atoms with van der Waals surface area (Å²) in [6.07, 6.45) is 0. The third-order valence-electron chi connectivity index (χ3n) is 3.73. The molecule has 0 saturated carbocycles. The number of rotatable bonds is 2. The second-order valence-electron chi connectivity index (χ2n) is 5.26. The molecule has 0 fully saturated rings. The molecule has 0 spiro atoms. The molecule has 3 aromatic rings. The maximum atomic E-state index is 12.6. The molecule has 24 heavy (non-hydrogen) atoms. The van der Waals surface area contributed by atoms with Crippen LogP contribution in [0.15, 0.2) is 33.5 Å². The molecule has 0 aliphatic heterocycles. The SMILES string of the molecule is COc1c(-c2ccc(O)c(C)c2)oc2cc(O)c(O)c(O)c2c1=O. The molecule has 0 radical (unpaired) electrons. The van der Waals surface area contributed by atoms with Crippen molar-refractivity contribution in [3.8, 4) is 40.1 Å². The van der Waals surface area contributed by atoms with Crippen LogP contribution in [0.5, 0.6) is 28.7 Å². The van der Waals surface area contributed by atoms with Gasteiger partial charge in [-0.1, -0.05) is 0 Å². The van der Waals surface area contributed by atoms with E-state index in [2.05, 4.69) is 0 Å². The second kappa shape index (κ2) is 5.38. The zero-order chi connectivity index (χ0) is 17.6. The van der Waals surface area contributed by atoms with Crippen LogP contribution in [0.4, 0.5) is 0 Å². The van der Waals surface area contributed by atoms with Crippen LogP contribution in [0.1, 0.15) is 5.56 Å². The second-order valence-corrected chi connectivity index (χ2v) is 5.26. The average molecular weight is 330 g/mol. The van der Waals surface area contributed by atoms with Crippen LogP contribution >= 0.6 is 0 Å². The van der Waals surface area contributed by atoms with Gasteiger partial charge in [0.2, 0.25) is 16.9 Å². The summed E-state index contributed by atoms with van der Waals surface area (Å²) >= 11 is 0. The molecule has 0 saturated heterocycles. The fourth-order valence-electron chi connectivity index (χ4n) is 2.47. The quantitative estimate of drug-likeness (QED) is 0.533. The van der Waals surface area contributed by atoms with Crippen molar-refractivity contribution in [2.45, 2.75) is 6.92 Å². The fraction of sp³-hybridized carbons (Fsp3) is 0.118. The average Bonchev–Trinajstić information content (AvgIpc) is 2.54. The van der Waals surface area contributed by atoms with Crippen LogP contribution in [0.25, 0.3) is 22.3 Å². The normalized spacial score (nSPS) is 10.9. The van der Waals surface area contributed by atoms with Crippen LogP contribution in [0.2, 0.25) is 0 Å². The zero-order valence-electron chi connectivity index (χ0n) is 12.8. The Labute approximate surface area is 135 Å². The van der Waals surface area contributed by atoms with E-state index in [1.165, 1.54) is 19.2 Å². The van der Waals surface area contributed by atoms with E-state index in [0.717, 1.165) is 6.07 Å². The molecule has 7 nitrogen and oxygen atoms in total. The summed E-state index contributed by atoms with van der Waals surface area (Å²) in [5.74, 6) is -2.24. The van der Waals surface area contributed by atoms with Crippen molar-refractivity contribution in [2.75, 3.05) is 7.11 Å². The first-order chi connectivity index (χ1) is 11.3. The number of ether oxygens (including phenoxy) is 1. The topological polar surface area (TPSA) is 120 Å². The summed E-state index contributed by atoms with van der Waals surface area (Å²) in [6.45, 7) is 1.68. The molecule has 0 aliphatic carbocycles. The Morgan fingerprint density at radius 2 is 1.71 bits per heavy atom. The van der Waals surface area contributed by atoms with Crippen molar-refractivity contribution in [2.24, 2.45) is 0 Å².